The minimum absolute atomic E-state index is 0.556. The molecule has 0 atom stereocenters. The Morgan fingerprint density at radius 3 is 1.44 bits per heavy atom. The normalized spacial score (nSPS) is 12.6. The monoisotopic (exact) mass is 297 g/mol. The SMILES string of the molecule is O=[P+](OCCS(=O)(=O)O)OCCS(=O)(=O)O. The van der Waals surface area contributed by atoms with Crippen molar-refractivity contribution in [3.05, 3.63) is 0 Å². The fraction of sp³-hybridized carbons (Fsp3) is 1.00. The summed E-state index contributed by atoms with van der Waals surface area (Å²) in [5, 5.41) is 0. The number of rotatable bonds is 8. The van der Waals surface area contributed by atoms with E-state index < -0.39 is 53.2 Å². The van der Waals surface area contributed by atoms with Gasteiger partial charge in [-0.3, -0.25) is 9.11 Å². The molecule has 0 aromatic rings. The fourth-order valence-corrected chi connectivity index (χ4v) is 1.86. The van der Waals surface area contributed by atoms with Crippen molar-refractivity contribution >= 4 is 28.5 Å². The van der Waals surface area contributed by atoms with Crippen LogP contribution in [0, 0.1) is 0 Å². The summed E-state index contributed by atoms with van der Waals surface area (Å²) in [7, 11) is -11.1. The van der Waals surface area contributed by atoms with Crippen LogP contribution in [0.4, 0.5) is 0 Å². The van der Waals surface area contributed by atoms with Crippen LogP contribution >= 0.6 is 8.25 Å². The molecule has 0 fully saturated rings. The van der Waals surface area contributed by atoms with E-state index >= 15 is 0 Å². The zero-order valence-electron chi connectivity index (χ0n) is 7.84. The summed E-state index contributed by atoms with van der Waals surface area (Å²) in [6.45, 7) is -1.11. The van der Waals surface area contributed by atoms with Crippen LogP contribution in [0.2, 0.25) is 0 Å². The largest absolute Gasteiger partial charge is 0.697 e. The highest BCUT2D eigenvalue weighted by molar-refractivity contribution is 7.86. The van der Waals surface area contributed by atoms with Crippen molar-refractivity contribution in [2.75, 3.05) is 24.7 Å². The molecule has 16 heavy (non-hydrogen) atoms. The van der Waals surface area contributed by atoms with Gasteiger partial charge in [-0.1, -0.05) is 0 Å². The zero-order valence-corrected chi connectivity index (χ0v) is 10.4. The molecule has 0 unspecified atom stereocenters. The van der Waals surface area contributed by atoms with E-state index in [1.807, 2.05) is 0 Å². The molecule has 0 aromatic carbocycles. The third-order valence-electron chi connectivity index (χ3n) is 1.08. The molecule has 0 aliphatic rings. The molecule has 9 nitrogen and oxygen atoms in total. The molecule has 0 aliphatic carbocycles. The van der Waals surface area contributed by atoms with Gasteiger partial charge < -0.3 is 0 Å². The Balaban J connectivity index is 3.69. The fourth-order valence-electron chi connectivity index (χ4n) is 0.471. The quantitative estimate of drug-likeness (QED) is 0.445. The van der Waals surface area contributed by atoms with Gasteiger partial charge in [0.05, 0.1) is 0 Å². The average molecular weight is 297 g/mol. The van der Waals surface area contributed by atoms with E-state index in [4.69, 9.17) is 9.11 Å². The molecule has 0 amide bonds. The van der Waals surface area contributed by atoms with E-state index in [9.17, 15) is 21.4 Å². The maximum atomic E-state index is 10.8. The van der Waals surface area contributed by atoms with Crippen molar-refractivity contribution in [2.45, 2.75) is 0 Å². The molecule has 0 radical (unpaired) electrons. The van der Waals surface area contributed by atoms with Crippen molar-refractivity contribution < 1.29 is 39.6 Å². The average Bonchev–Trinajstić information content (AvgIpc) is 1.98. The first-order chi connectivity index (χ1) is 7.10. The summed E-state index contributed by atoms with van der Waals surface area (Å²) in [6.07, 6.45) is 0. The lowest BCUT2D eigenvalue weighted by molar-refractivity contribution is 0.242. The Morgan fingerprint density at radius 1 is 0.875 bits per heavy atom. The highest BCUT2D eigenvalue weighted by Crippen LogP contribution is 2.22. The van der Waals surface area contributed by atoms with Crippen molar-refractivity contribution in [2.24, 2.45) is 0 Å². The second-order valence-electron chi connectivity index (χ2n) is 2.46. The van der Waals surface area contributed by atoms with Gasteiger partial charge in [0.15, 0.2) is 0 Å². The first kappa shape index (κ1) is 15.8. The van der Waals surface area contributed by atoms with Crippen molar-refractivity contribution in [1.29, 1.82) is 0 Å². The highest BCUT2D eigenvalue weighted by atomic mass is 32.2. The van der Waals surface area contributed by atoms with Crippen LogP contribution in [-0.4, -0.2) is 50.7 Å². The van der Waals surface area contributed by atoms with Crippen molar-refractivity contribution in [1.82, 2.24) is 0 Å². The van der Waals surface area contributed by atoms with Crippen molar-refractivity contribution in [3.8, 4) is 0 Å². The highest BCUT2D eigenvalue weighted by Gasteiger charge is 2.22. The minimum atomic E-state index is -4.21. The summed E-state index contributed by atoms with van der Waals surface area (Å²) in [4.78, 5) is 0. The van der Waals surface area contributed by atoms with Crippen molar-refractivity contribution in [3.63, 3.8) is 0 Å². The van der Waals surface area contributed by atoms with Crippen LogP contribution in [0.1, 0.15) is 0 Å². The first-order valence-electron chi connectivity index (χ1n) is 3.73. The van der Waals surface area contributed by atoms with E-state index in [2.05, 4.69) is 9.05 Å². The molecular formula is C4H10O9PS2+. The third kappa shape index (κ3) is 11.9. The van der Waals surface area contributed by atoms with Gasteiger partial charge in [0.25, 0.3) is 20.2 Å². The predicted molar refractivity (Wildman–Crippen MR) is 52.3 cm³/mol. The van der Waals surface area contributed by atoms with Crippen LogP contribution in [0.15, 0.2) is 0 Å². The van der Waals surface area contributed by atoms with Gasteiger partial charge in [0.1, 0.15) is 24.7 Å². The van der Waals surface area contributed by atoms with E-state index in [1.54, 1.807) is 0 Å². The first-order valence-corrected chi connectivity index (χ1v) is 8.05. The Morgan fingerprint density at radius 2 is 1.19 bits per heavy atom. The van der Waals surface area contributed by atoms with E-state index in [0.29, 0.717) is 0 Å². The zero-order chi connectivity index (χ0) is 12.8. The van der Waals surface area contributed by atoms with Crippen LogP contribution in [-0.2, 0) is 33.8 Å². The standard InChI is InChI=1S/C4H9O9PS2/c5-14(12-1-3-15(6,7)8)13-2-4-16(9,10)11/h1-4H2,(H-,6,7,8,9,10,11)/p+1. The lowest BCUT2D eigenvalue weighted by atomic mass is 10.9. The topological polar surface area (TPSA) is 144 Å². The van der Waals surface area contributed by atoms with Gasteiger partial charge in [0.2, 0.25) is 0 Å². The van der Waals surface area contributed by atoms with E-state index in [-0.39, 0.29) is 0 Å². The van der Waals surface area contributed by atoms with E-state index in [0.717, 1.165) is 0 Å². The summed E-state index contributed by atoms with van der Waals surface area (Å²) >= 11 is 0. The molecule has 0 spiro atoms. The molecule has 0 saturated carbocycles. The summed E-state index contributed by atoms with van der Waals surface area (Å²) in [6, 6.07) is 0. The Bertz CT molecular complexity index is 382. The van der Waals surface area contributed by atoms with Crippen LogP contribution in [0.3, 0.4) is 0 Å². The minimum Gasteiger partial charge on any atom is -0.285 e. The number of hydrogen-bond donors (Lipinski definition) is 2. The number of hydrogen-bond acceptors (Lipinski definition) is 7. The van der Waals surface area contributed by atoms with Crippen LogP contribution < -0.4 is 0 Å². The molecule has 0 bridgehead atoms. The molecule has 96 valence electrons. The maximum Gasteiger partial charge on any atom is 0.697 e. The van der Waals surface area contributed by atoms with Gasteiger partial charge in [-0.2, -0.15) is 16.8 Å². The molecular weight excluding hydrogens is 287 g/mol. The Hall–Kier alpha value is -0.160. The van der Waals surface area contributed by atoms with Gasteiger partial charge in [-0.25, -0.2) is 0 Å². The van der Waals surface area contributed by atoms with Crippen LogP contribution in [0.25, 0.3) is 0 Å². The lowest BCUT2D eigenvalue weighted by Crippen LogP contribution is -2.10. The Labute approximate surface area is 93.2 Å². The molecule has 0 rings (SSSR count). The maximum absolute atomic E-state index is 10.8. The molecule has 0 aromatic heterocycles. The summed E-state index contributed by atoms with van der Waals surface area (Å²) in [5.41, 5.74) is 0. The predicted octanol–water partition coefficient (Wildman–Crippen LogP) is -0.547. The molecule has 2 N–H and O–H groups in total. The van der Waals surface area contributed by atoms with Crippen LogP contribution in [0.5, 0.6) is 0 Å². The van der Waals surface area contributed by atoms with E-state index in [1.165, 1.54) is 0 Å². The lowest BCUT2D eigenvalue weighted by Gasteiger charge is -1.92. The third-order valence-corrected chi connectivity index (χ3v) is 3.23. The molecule has 0 saturated heterocycles. The molecule has 0 heterocycles. The smallest absolute Gasteiger partial charge is 0.285 e. The summed E-state index contributed by atoms with van der Waals surface area (Å²) < 4.78 is 76.6. The second-order valence-corrected chi connectivity index (χ2v) is 6.57. The van der Waals surface area contributed by atoms with Gasteiger partial charge in [-0.05, 0) is 0 Å². The second kappa shape index (κ2) is 6.55. The summed E-state index contributed by atoms with van der Waals surface area (Å²) in [5.74, 6) is -1.51. The van der Waals surface area contributed by atoms with Gasteiger partial charge in [0, 0.05) is 4.57 Å². The Kier molecular flexibility index (Phi) is 6.48. The van der Waals surface area contributed by atoms with Gasteiger partial charge in [-0.15, -0.1) is 9.05 Å². The van der Waals surface area contributed by atoms with Gasteiger partial charge >= 0.3 is 8.25 Å². The molecule has 0 aliphatic heterocycles. The molecule has 12 heteroatoms.